The van der Waals surface area contributed by atoms with E-state index in [1.54, 1.807) is 11.4 Å². The van der Waals surface area contributed by atoms with Crippen molar-refractivity contribution in [2.45, 2.75) is 38.6 Å². The molecule has 1 aromatic rings. The van der Waals surface area contributed by atoms with Crippen molar-refractivity contribution in [3.8, 4) is 0 Å². The SMILES string of the molecule is CC(=O)c1csc(C(=O)N2CCCC(CNC(=O)C3CCCN3)C2)c1.Cl. The molecule has 0 bridgehead atoms. The Balaban J connectivity index is 0.00000243. The lowest BCUT2D eigenvalue weighted by Gasteiger charge is -2.32. The van der Waals surface area contributed by atoms with Gasteiger partial charge in [0.05, 0.1) is 10.9 Å². The van der Waals surface area contributed by atoms with Gasteiger partial charge in [-0.05, 0) is 51.1 Å². The molecule has 2 aliphatic rings. The Labute approximate surface area is 164 Å². The monoisotopic (exact) mass is 399 g/mol. The average molecular weight is 400 g/mol. The first-order chi connectivity index (χ1) is 12.0. The fraction of sp³-hybridized carbons (Fsp3) is 0.611. The maximum absolute atomic E-state index is 12.7. The molecule has 0 spiro atoms. The van der Waals surface area contributed by atoms with E-state index >= 15 is 0 Å². The number of likely N-dealkylation sites (tertiary alicyclic amines) is 1. The molecule has 3 heterocycles. The third-order valence-electron chi connectivity index (χ3n) is 4.96. The first-order valence-electron chi connectivity index (χ1n) is 8.94. The lowest BCUT2D eigenvalue weighted by atomic mass is 9.97. The van der Waals surface area contributed by atoms with Crippen LogP contribution in [0.2, 0.25) is 0 Å². The molecule has 2 fully saturated rings. The molecule has 0 saturated carbocycles. The van der Waals surface area contributed by atoms with E-state index in [1.807, 2.05) is 4.90 Å². The van der Waals surface area contributed by atoms with E-state index in [2.05, 4.69) is 10.6 Å². The number of Topliss-reactive ketones (excluding diaryl/α,β-unsaturated/α-hetero) is 1. The van der Waals surface area contributed by atoms with Gasteiger partial charge in [0.1, 0.15) is 0 Å². The summed E-state index contributed by atoms with van der Waals surface area (Å²) in [5, 5.41) is 7.97. The van der Waals surface area contributed by atoms with Crippen LogP contribution in [0.4, 0.5) is 0 Å². The second-order valence-electron chi connectivity index (χ2n) is 6.91. The van der Waals surface area contributed by atoms with E-state index in [9.17, 15) is 14.4 Å². The molecule has 0 radical (unpaired) electrons. The van der Waals surface area contributed by atoms with Crippen LogP contribution in [0.3, 0.4) is 0 Å². The highest BCUT2D eigenvalue weighted by Crippen LogP contribution is 2.22. The number of carbonyl (C=O) groups excluding carboxylic acids is 3. The molecule has 2 saturated heterocycles. The molecular weight excluding hydrogens is 374 g/mol. The fourth-order valence-corrected chi connectivity index (χ4v) is 4.39. The average Bonchev–Trinajstić information content (AvgIpc) is 3.30. The number of halogens is 1. The molecule has 2 amide bonds. The molecular formula is C18H26ClN3O3S. The molecule has 6 nitrogen and oxygen atoms in total. The molecule has 3 rings (SSSR count). The van der Waals surface area contributed by atoms with Crippen LogP contribution in [-0.2, 0) is 4.79 Å². The number of rotatable bonds is 5. The van der Waals surface area contributed by atoms with Crippen LogP contribution in [0, 0.1) is 5.92 Å². The highest BCUT2D eigenvalue weighted by Gasteiger charge is 2.27. The van der Waals surface area contributed by atoms with Gasteiger partial charge in [-0.1, -0.05) is 0 Å². The molecule has 2 atom stereocenters. The summed E-state index contributed by atoms with van der Waals surface area (Å²) >= 11 is 1.33. The molecule has 0 aliphatic carbocycles. The number of carbonyl (C=O) groups is 3. The van der Waals surface area contributed by atoms with E-state index in [1.165, 1.54) is 18.3 Å². The largest absolute Gasteiger partial charge is 0.354 e. The highest BCUT2D eigenvalue weighted by atomic mass is 35.5. The summed E-state index contributed by atoms with van der Waals surface area (Å²) in [6, 6.07) is 1.63. The third-order valence-corrected chi connectivity index (χ3v) is 5.88. The predicted octanol–water partition coefficient (Wildman–Crippen LogP) is 2.09. The zero-order valence-electron chi connectivity index (χ0n) is 15.0. The first kappa shape index (κ1) is 20.9. The van der Waals surface area contributed by atoms with Crippen LogP contribution in [0.15, 0.2) is 11.4 Å². The summed E-state index contributed by atoms with van der Waals surface area (Å²) in [4.78, 5) is 38.6. The number of nitrogens with zero attached hydrogens (tertiary/aromatic N) is 1. The summed E-state index contributed by atoms with van der Waals surface area (Å²) < 4.78 is 0. The summed E-state index contributed by atoms with van der Waals surface area (Å²) in [5.41, 5.74) is 0.596. The summed E-state index contributed by atoms with van der Waals surface area (Å²) in [5.74, 6) is 0.335. The molecule has 2 aliphatic heterocycles. The molecule has 0 aromatic carbocycles. The fourth-order valence-electron chi connectivity index (χ4n) is 3.48. The maximum atomic E-state index is 12.7. The van der Waals surface area contributed by atoms with Gasteiger partial charge < -0.3 is 15.5 Å². The zero-order chi connectivity index (χ0) is 17.8. The Morgan fingerprint density at radius 1 is 1.31 bits per heavy atom. The zero-order valence-corrected chi connectivity index (χ0v) is 16.6. The lowest BCUT2D eigenvalue weighted by molar-refractivity contribution is -0.123. The molecule has 8 heteroatoms. The first-order valence-corrected chi connectivity index (χ1v) is 9.82. The van der Waals surface area contributed by atoms with Crippen molar-refractivity contribution in [1.82, 2.24) is 15.5 Å². The topological polar surface area (TPSA) is 78.5 Å². The van der Waals surface area contributed by atoms with Crippen molar-refractivity contribution in [2.75, 3.05) is 26.2 Å². The van der Waals surface area contributed by atoms with E-state index in [-0.39, 0.29) is 42.0 Å². The van der Waals surface area contributed by atoms with Gasteiger partial charge in [-0.3, -0.25) is 14.4 Å². The standard InChI is InChI=1S/C18H25N3O3S.ClH/c1-12(22)14-8-16(25-11-14)18(24)21-7-3-4-13(10-21)9-20-17(23)15-5-2-6-19-15;/h8,11,13,15,19H,2-7,9-10H2,1H3,(H,20,23);1H. The molecule has 144 valence electrons. The van der Waals surface area contributed by atoms with Crippen molar-refractivity contribution < 1.29 is 14.4 Å². The van der Waals surface area contributed by atoms with E-state index < -0.39 is 0 Å². The summed E-state index contributed by atoms with van der Waals surface area (Å²) in [7, 11) is 0. The number of piperidine rings is 1. The van der Waals surface area contributed by atoms with Crippen molar-refractivity contribution in [3.63, 3.8) is 0 Å². The number of ketones is 1. The smallest absolute Gasteiger partial charge is 0.263 e. The number of thiophene rings is 1. The van der Waals surface area contributed by atoms with Gasteiger partial charge in [-0.2, -0.15) is 0 Å². The Hall–Kier alpha value is -1.44. The second kappa shape index (κ2) is 9.48. The normalized spacial score (nSPS) is 22.6. The lowest BCUT2D eigenvalue weighted by Crippen LogP contribution is -2.46. The third kappa shape index (κ3) is 5.05. The van der Waals surface area contributed by atoms with Crippen molar-refractivity contribution >= 4 is 41.3 Å². The van der Waals surface area contributed by atoms with E-state index in [4.69, 9.17) is 0 Å². The van der Waals surface area contributed by atoms with Gasteiger partial charge in [0.15, 0.2) is 5.78 Å². The maximum Gasteiger partial charge on any atom is 0.263 e. The minimum atomic E-state index is -0.0579. The van der Waals surface area contributed by atoms with Crippen LogP contribution >= 0.6 is 23.7 Å². The number of hydrogen-bond acceptors (Lipinski definition) is 5. The van der Waals surface area contributed by atoms with Gasteiger partial charge >= 0.3 is 0 Å². The Morgan fingerprint density at radius 3 is 2.77 bits per heavy atom. The van der Waals surface area contributed by atoms with E-state index in [0.29, 0.717) is 23.5 Å². The minimum absolute atomic E-state index is 0. The molecule has 1 aromatic heterocycles. The van der Waals surface area contributed by atoms with Crippen LogP contribution in [0.1, 0.15) is 52.6 Å². The van der Waals surface area contributed by atoms with Crippen molar-refractivity contribution in [3.05, 3.63) is 21.9 Å². The molecule has 2 N–H and O–H groups in total. The Morgan fingerprint density at radius 2 is 2.12 bits per heavy atom. The molecule has 26 heavy (non-hydrogen) atoms. The van der Waals surface area contributed by atoms with Gasteiger partial charge in [0.25, 0.3) is 5.91 Å². The van der Waals surface area contributed by atoms with Crippen molar-refractivity contribution in [1.29, 1.82) is 0 Å². The molecule has 2 unspecified atom stereocenters. The van der Waals surface area contributed by atoms with E-state index in [0.717, 1.165) is 38.8 Å². The van der Waals surface area contributed by atoms with Crippen LogP contribution in [0.25, 0.3) is 0 Å². The number of nitrogens with one attached hydrogen (secondary N) is 2. The van der Waals surface area contributed by atoms with Crippen LogP contribution in [-0.4, -0.2) is 54.7 Å². The van der Waals surface area contributed by atoms with Crippen LogP contribution in [0.5, 0.6) is 0 Å². The number of hydrogen-bond donors (Lipinski definition) is 2. The Kier molecular flexibility index (Phi) is 7.61. The van der Waals surface area contributed by atoms with Gasteiger partial charge in [-0.25, -0.2) is 0 Å². The second-order valence-corrected chi connectivity index (χ2v) is 7.82. The van der Waals surface area contributed by atoms with Crippen molar-refractivity contribution in [2.24, 2.45) is 5.92 Å². The summed E-state index contributed by atoms with van der Waals surface area (Å²) in [6.07, 6.45) is 3.91. The van der Waals surface area contributed by atoms with Gasteiger partial charge in [0.2, 0.25) is 5.91 Å². The van der Waals surface area contributed by atoms with Crippen LogP contribution < -0.4 is 10.6 Å². The summed E-state index contributed by atoms with van der Waals surface area (Å²) in [6.45, 7) is 4.43. The minimum Gasteiger partial charge on any atom is -0.354 e. The van der Waals surface area contributed by atoms with Gasteiger partial charge in [0, 0.05) is 30.6 Å². The van der Waals surface area contributed by atoms with Gasteiger partial charge in [-0.15, -0.1) is 23.7 Å². The number of amides is 2. The highest BCUT2D eigenvalue weighted by molar-refractivity contribution is 7.12. The predicted molar refractivity (Wildman–Crippen MR) is 104 cm³/mol. The quantitative estimate of drug-likeness (QED) is 0.743. The Bertz CT molecular complexity index is 658.